The van der Waals surface area contributed by atoms with Gasteiger partial charge in [-0.1, -0.05) is 48.9 Å². The van der Waals surface area contributed by atoms with E-state index in [9.17, 15) is 21.6 Å². The lowest BCUT2D eigenvalue weighted by atomic mass is 9.90. The molecule has 1 N–H and O–H groups in total. The number of aliphatic hydroxyl groups excluding tert-OH is 1. The summed E-state index contributed by atoms with van der Waals surface area (Å²) in [6.45, 7) is 0.317. The van der Waals surface area contributed by atoms with Gasteiger partial charge in [0.1, 0.15) is 5.75 Å². The minimum atomic E-state index is -4.36. The molecular weight excluding hydrogens is 565 g/mol. The molecule has 0 spiro atoms. The van der Waals surface area contributed by atoms with Crippen LogP contribution in [0.4, 0.5) is 13.2 Å². The van der Waals surface area contributed by atoms with E-state index in [0.717, 1.165) is 32.8 Å². The first kappa shape index (κ1) is 30.0. The summed E-state index contributed by atoms with van der Waals surface area (Å²) in [6, 6.07) is 12.2. The highest BCUT2D eigenvalue weighted by atomic mass is 35.5. The fraction of sp³-hybridized carbons (Fsp3) is 0.345. The van der Waals surface area contributed by atoms with E-state index >= 15 is 0 Å². The van der Waals surface area contributed by atoms with Gasteiger partial charge in [-0.2, -0.15) is 13.2 Å². The summed E-state index contributed by atoms with van der Waals surface area (Å²) in [5, 5.41) is 9.57. The standard InChI is InChI=1S/C29H30ClF3N2O4S/c1-2-40(37,38)22-7-3-6-20(16-22)23-10-11-27(39-15-5-12-35(13-14-36)19-29(31,32)33)24-8-4-9-26-25(28(23)24)17-21(30)18-34-26/h3-4,6-8,10-11,16-18,36H,2,5,9,12-15,19H2,1H3. The van der Waals surface area contributed by atoms with Gasteiger partial charge in [-0.15, -0.1) is 0 Å². The smallest absolute Gasteiger partial charge is 0.401 e. The van der Waals surface area contributed by atoms with Crippen molar-refractivity contribution in [1.29, 1.82) is 0 Å². The molecule has 6 nitrogen and oxygen atoms in total. The van der Waals surface area contributed by atoms with E-state index in [4.69, 9.17) is 21.4 Å². The highest BCUT2D eigenvalue weighted by Crippen LogP contribution is 2.44. The maximum atomic E-state index is 12.9. The number of allylic oxidation sites excluding steroid dienone is 1. The van der Waals surface area contributed by atoms with E-state index in [1.807, 2.05) is 30.4 Å². The van der Waals surface area contributed by atoms with Crippen molar-refractivity contribution in [2.24, 2.45) is 0 Å². The Balaban J connectivity index is 1.71. The molecule has 0 bridgehead atoms. The summed E-state index contributed by atoms with van der Waals surface area (Å²) in [7, 11) is -3.43. The van der Waals surface area contributed by atoms with Gasteiger partial charge in [-0.05, 0) is 41.8 Å². The second-order valence-corrected chi connectivity index (χ2v) is 12.1. The Morgan fingerprint density at radius 2 is 1.93 bits per heavy atom. The second kappa shape index (κ2) is 12.7. The van der Waals surface area contributed by atoms with Crippen LogP contribution in [-0.2, 0) is 16.3 Å². The Hall–Kier alpha value is -2.92. The number of fused-ring (bicyclic) bond motifs is 3. The van der Waals surface area contributed by atoms with Gasteiger partial charge in [0.25, 0.3) is 0 Å². The summed E-state index contributed by atoms with van der Waals surface area (Å²) in [6.07, 6.45) is 1.94. The zero-order chi connectivity index (χ0) is 28.9. The third kappa shape index (κ3) is 7.23. The van der Waals surface area contributed by atoms with Crippen molar-refractivity contribution in [3.05, 3.63) is 71.0 Å². The van der Waals surface area contributed by atoms with Gasteiger partial charge in [0.2, 0.25) is 0 Å². The molecule has 0 atom stereocenters. The van der Waals surface area contributed by atoms with Crippen LogP contribution in [-0.4, -0.2) is 68.2 Å². The number of hydrogen-bond donors (Lipinski definition) is 1. The number of sulfone groups is 1. The Kier molecular flexibility index (Phi) is 9.56. The van der Waals surface area contributed by atoms with Crippen LogP contribution in [0.2, 0.25) is 5.02 Å². The summed E-state index contributed by atoms with van der Waals surface area (Å²) in [5.41, 5.74) is 4.57. The summed E-state index contributed by atoms with van der Waals surface area (Å²) in [5.74, 6) is 0.509. The van der Waals surface area contributed by atoms with Gasteiger partial charge >= 0.3 is 6.18 Å². The molecule has 1 aliphatic carbocycles. The summed E-state index contributed by atoms with van der Waals surface area (Å²) >= 11 is 6.35. The number of ether oxygens (including phenoxy) is 1. The molecule has 1 heterocycles. The molecule has 0 saturated carbocycles. The molecule has 0 aliphatic heterocycles. The quantitative estimate of drug-likeness (QED) is 0.272. The topological polar surface area (TPSA) is 79.7 Å². The lowest BCUT2D eigenvalue weighted by Gasteiger charge is -2.23. The molecule has 1 aromatic heterocycles. The molecule has 0 amide bonds. The number of alkyl halides is 3. The fourth-order valence-corrected chi connectivity index (χ4v) is 5.80. The Labute approximate surface area is 237 Å². The van der Waals surface area contributed by atoms with Gasteiger partial charge in [0.15, 0.2) is 9.84 Å². The Morgan fingerprint density at radius 3 is 2.65 bits per heavy atom. The number of aromatic nitrogens is 1. The molecule has 4 rings (SSSR count). The van der Waals surface area contributed by atoms with E-state index in [2.05, 4.69) is 4.98 Å². The van der Waals surface area contributed by atoms with Crippen molar-refractivity contribution < 1.29 is 31.4 Å². The SMILES string of the molecule is CCS(=O)(=O)c1cccc(-c2ccc(OCCCN(CCO)CC(F)(F)F)c3c2-c2cc(Cl)cnc2CC=C3)c1. The van der Waals surface area contributed by atoms with Crippen molar-refractivity contribution >= 4 is 27.5 Å². The largest absolute Gasteiger partial charge is 0.493 e. The van der Waals surface area contributed by atoms with Crippen LogP contribution >= 0.6 is 11.6 Å². The maximum absolute atomic E-state index is 12.9. The molecule has 214 valence electrons. The third-order valence-corrected chi connectivity index (χ3v) is 8.53. The predicted molar refractivity (Wildman–Crippen MR) is 150 cm³/mol. The van der Waals surface area contributed by atoms with Crippen LogP contribution in [0.25, 0.3) is 28.3 Å². The van der Waals surface area contributed by atoms with Gasteiger partial charge in [-0.25, -0.2) is 8.42 Å². The third-order valence-electron chi connectivity index (χ3n) is 6.59. The van der Waals surface area contributed by atoms with Gasteiger partial charge in [0, 0.05) is 42.4 Å². The Morgan fingerprint density at radius 1 is 1.12 bits per heavy atom. The molecule has 2 aromatic carbocycles. The van der Waals surface area contributed by atoms with Gasteiger partial charge in [-0.3, -0.25) is 9.88 Å². The fourth-order valence-electron chi connectivity index (χ4n) is 4.72. The molecular formula is C29H30ClF3N2O4S. The number of rotatable bonds is 11. The highest BCUT2D eigenvalue weighted by Gasteiger charge is 2.30. The first-order chi connectivity index (χ1) is 19.0. The molecule has 0 radical (unpaired) electrons. The molecule has 0 fully saturated rings. The molecule has 40 heavy (non-hydrogen) atoms. The first-order valence-corrected chi connectivity index (χ1v) is 14.9. The van der Waals surface area contributed by atoms with Crippen LogP contribution in [0.1, 0.15) is 24.6 Å². The van der Waals surface area contributed by atoms with Crippen molar-refractivity contribution in [1.82, 2.24) is 9.88 Å². The molecule has 0 unspecified atom stereocenters. The van der Waals surface area contributed by atoms with E-state index in [1.165, 1.54) is 0 Å². The maximum Gasteiger partial charge on any atom is 0.401 e. The number of benzene rings is 2. The number of nitrogens with zero attached hydrogens (tertiary/aromatic N) is 2. The van der Waals surface area contributed by atoms with Crippen molar-refractivity contribution in [2.75, 3.05) is 38.6 Å². The highest BCUT2D eigenvalue weighted by molar-refractivity contribution is 7.91. The minimum absolute atomic E-state index is 0.0227. The van der Waals surface area contributed by atoms with Crippen LogP contribution in [0, 0.1) is 0 Å². The van der Waals surface area contributed by atoms with Gasteiger partial charge in [0.05, 0.1) is 41.1 Å². The predicted octanol–water partition coefficient (Wildman–Crippen LogP) is 6.06. The first-order valence-electron chi connectivity index (χ1n) is 12.9. The normalized spacial score (nSPS) is 13.2. The number of halogens is 4. The average molecular weight is 595 g/mol. The zero-order valence-electron chi connectivity index (χ0n) is 21.9. The molecule has 0 saturated heterocycles. The summed E-state index contributed by atoms with van der Waals surface area (Å²) in [4.78, 5) is 5.89. The number of hydrogen-bond acceptors (Lipinski definition) is 6. The molecule has 1 aliphatic rings. The molecule has 11 heteroatoms. The van der Waals surface area contributed by atoms with Crippen LogP contribution in [0.15, 0.2) is 59.6 Å². The number of pyridine rings is 1. The van der Waals surface area contributed by atoms with Crippen LogP contribution < -0.4 is 4.74 Å². The van der Waals surface area contributed by atoms with Crippen LogP contribution in [0.3, 0.4) is 0 Å². The van der Waals surface area contributed by atoms with Crippen LogP contribution in [0.5, 0.6) is 5.75 Å². The van der Waals surface area contributed by atoms with E-state index < -0.39 is 22.6 Å². The average Bonchev–Trinajstić information content (AvgIpc) is 3.10. The molecule has 3 aromatic rings. The summed E-state index contributed by atoms with van der Waals surface area (Å²) < 4.78 is 69.9. The lowest BCUT2D eigenvalue weighted by Crippen LogP contribution is -2.37. The monoisotopic (exact) mass is 594 g/mol. The van der Waals surface area contributed by atoms with Crippen molar-refractivity contribution in [3.8, 4) is 28.0 Å². The van der Waals surface area contributed by atoms with E-state index in [-0.39, 0.29) is 37.0 Å². The van der Waals surface area contributed by atoms with Gasteiger partial charge < -0.3 is 9.84 Å². The second-order valence-electron chi connectivity index (χ2n) is 9.40. The van der Waals surface area contributed by atoms with Crippen molar-refractivity contribution in [3.63, 3.8) is 0 Å². The zero-order valence-corrected chi connectivity index (χ0v) is 23.5. The number of aliphatic hydroxyl groups is 1. The minimum Gasteiger partial charge on any atom is -0.493 e. The Bertz CT molecular complexity index is 1490. The van der Waals surface area contributed by atoms with E-state index in [1.54, 1.807) is 37.4 Å². The lowest BCUT2D eigenvalue weighted by molar-refractivity contribution is -0.147. The van der Waals surface area contributed by atoms with Crippen molar-refractivity contribution in [2.45, 2.75) is 30.8 Å². The van der Waals surface area contributed by atoms with E-state index in [0.29, 0.717) is 29.2 Å².